The van der Waals surface area contributed by atoms with Gasteiger partial charge in [0.25, 0.3) is 0 Å². The van der Waals surface area contributed by atoms with Crippen molar-refractivity contribution in [3.8, 4) is 39.6 Å². The quantitative estimate of drug-likeness (QED) is 0.163. The molecule has 0 bridgehead atoms. The number of fused-ring (bicyclic) bond motifs is 6. The smallest absolute Gasteiger partial charge is 0.242 e. The lowest BCUT2D eigenvalue weighted by atomic mass is 10.0. The predicted octanol–water partition coefficient (Wildman–Crippen LogP) is 12.5. The van der Waals surface area contributed by atoms with Gasteiger partial charge in [0.1, 0.15) is 5.71 Å². The summed E-state index contributed by atoms with van der Waals surface area (Å²) in [6.07, 6.45) is 1.91. The Labute approximate surface area is 344 Å². The fourth-order valence-electron chi connectivity index (χ4n) is 8.04. The topological polar surface area (TPSA) is 73.2 Å². The van der Waals surface area contributed by atoms with E-state index in [0.717, 1.165) is 49.7 Å². The zero-order valence-electron chi connectivity index (χ0n) is 31.6. The molecule has 11 rings (SSSR count). The number of para-hydroxylation sites is 3. The summed E-state index contributed by atoms with van der Waals surface area (Å²) in [6.45, 7) is 4.43. The molecule has 0 amide bonds. The fourth-order valence-corrected chi connectivity index (χ4v) is 8.54. The lowest BCUT2D eigenvalue weighted by molar-refractivity contribution is 1.04. The van der Waals surface area contributed by atoms with E-state index in [1.807, 2.05) is 72.1 Å². The molecule has 1 aliphatic heterocycles. The van der Waals surface area contributed by atoms with Gasteiger partial charge in [-0.3, -0.25) is 4.57 Å². The minimum absolute atomic E-state index is 0.416. The summed E-state index contributed by atoms with van der Waals surface area (Å²) in [5.41, 5.74) is 10.7. The first-order valence-corrected chi connectivity index (χ1v) is 20.2. The third-order valence-electron chi connectivity index (χ3n) is 10.8. The van der Waals surface area contributed by atoms with Crippen LogP contribution in [0.15, 0.2) is 209 Å². The van der Waals surface area contributed by atoms with Gasteiger partial charge < -0.3 is 4.57 Å². The summed E-state index contributed by atoms with van der Waals surface area (Å²) in [6, 6.07) is 61.0. The number of aliphatic imine (C=N–C) groups is 1. The molecule has 7 nitrogen and oxygen atoms in total. The number of rotatable bonds is 5. The molecule has 0 radical (unpaired) electrons. The third kappa shape index (κ3) is 6.05. The lowest BCUT2D eigenvalue weighted by Gasteiger charge is -2.14. The van der Waals surface area contributed by atoms with Gasteiger partial charge in [-0.25, -0.2) is 19.9 Å². The minimum atomic E-state index is 0.416. The molecule has 0 fully saturated rings. The van der Waals surface area contributed by atoms with Crippen molar-refractivity contribution >= 4 is 67.2 Å². The van der Waals surface area contributed by atoms with Gasteiger partial charge in [0.2, 0.25) is 5.96 Å². The molecule has 1 aliphatic rings. The van der Waals surface area contributed by atoms with Crippen molar-refractivity contribution < 1.29 is 0 Å². The standard InChI is InChI=1S/C51H33N7S/c1-33-29-30-59-56-51(52-47(33)50-54-48(34-15-5-2-6-16-34)53-49(55-50)35-17-7-3-8-18-35)58-44-24-14-12-22-40(44)42-32-37(26-28-46(42)58)36-25-27-45-41(31-36)39-21-11-13-23-43(39)57(45)38-19-9-4-10-20-38/h2-32H,1H2/b30-29-,52-47+,56-51+. The highest BCUT2D eigenvalue weighted by atomic mass is 32.2. The second-order valence-electron chi connectivity index (χ2n) is 14.3. The van der Waals surface area contributed by atoms with Gasteiger partial charge in [-0.2, -0.15) is 4.40 Å². The molecule has 8 heteroatoms. The number of allylic oxidation sites excluding steroid dienone is 2. The monoisotopic (exact) mass is 775 g/mol. The van der Waals surface area contributed by atoms with Gasteiger partial charge in [-0.1, -0.05) is 134 Å². The van der Waals surface area contributed by atoms with Crippen molar-refractivity contribution in [2.75, 3.05) is 0 Å². The maximum absolute atomic E-state index is 5.27. The molecule has 3 aromatic heterocycles. The summed E-state index contributed by atoms with van der Waals surface area (Å²) in [7, 11) is 0. The zero-order chi connectivity index (χ0) is 39.3. The van der Waals surface area contributed by atoms with Crippen LogP contribution < -0.4 is 0 Å². The molecule has 0 N–H and O–H groups in total. The van der Waals surface area contributed by atoms with Crippen LogP contribution in [0.3, 0.4) is 0 Å². The summed E-state index contributed by atoms with van der Waals surface area (Å²) in [5, 5.41) is 6.56. The molecule has 0 aliphatic carbocycles. The molecule has 278 valence electrons. The first kappa shape index (κ1) is 34.6. The summed E-state index contributed by atoms with van der Waals surface area (Å²) >= 11 is 1.32. The molecular formula is C51H33N7S. The molecule has 10 aromatic rings. The molecule has 0 saturated heterocycles. The average Bonchev–Trinajstić information content (AvgIpc) is 3.81. The van der Waals surface area contributed by atoms with Crippen molar-refractivity contribution in [3.05, 3.63) is 205 Å². The first-order valence-electron chi connectivity index (χ1n) is 19.4. The van der Waals surface area contributed by atoms with E-state index in [1.165, 1.54) is 33.8 Å². The average molecular weight is 776 g/mol. The Morgan fingerprint density at radius 3 is 1.49 bits per heavy atom. The van der Waals surface area contributed by atoms with E-state index in [9.17, 15) is 0 Å². The Hall–Kier alpha value is -7.68. The highest BCUT2D eigenvalue weighted by molar-refractivity contribution is 8.01. The van der Waals surface area contributed by atoms with Crippen molar-refractivity contribution in [2.24, 2.45) is 9.39 Å². The van der Waals surface area contributed by atoms with E-state index in [-0.39, 0.29) is 0 Å². The van der Waals surface area contributed by atoms with Crippen molar-refractivity contribution in [2.45, 2.75) is 0 Å². The molecule has 4 heterocycles. The van der Waals surface area contributed by atoms with Crippen LogP contribution in [0.2, 0.25) is 0 Å². The minimum Gasteiger partial charge on any atom is -0.309 e. The fraction of sp³-hybridized carbons (Fsp3) is 0. The van der Waals surface area contributed by atoms with Crippen LogP contribution in [0.25, 0.3) is 83.2 Å². The number of hydrogen-bond donors (Lipinski definition) is 0. The normalized spacial score (nSPS) is 15.5. The highest BCUT2D eigenvalue weighted by Gasteiger charge is 2.22. The maximum atomic E-state index is 5.27. The van der Waals surface area contributed by atoms with Gasteiger partial charge >= 0.3 is 0 Å². The van der Waals surface area contributed by atoms with Crippen LogP contribution in [0.5, 0.6) is 0 Å². The van der Waals surface area contributed by atoms with E-state index < -0.39 is 0 Å². The van der Waals surface area contributed by atoms with Crippen LogP contribution >= 0.6 is 11.9 Å². The molecule has 7 aromatic carbocycles. The molecule has 0 spiro atoms. The Bertz CT molecular complexity index is 3300. The van der Waals surface area contributed by atoms with Gasteiger partial charge in [-0.05, 0) is 76.7 Å². The predicted molar refractivity (Wildman–Crippen MR) is 245 cm³/mol. The number of hydrogen-bond acceptors (Lipinski definition) is 6. The van der Waals surface area contributed by atoms with E-state index in [4.69, 9.17) is 24.3 Å². The van der Waals surface area contributed by atoms with Crippen LogP contribution in [-0.4, -0.2) is 35.8 Å². The number of benzene rings is 7. The molecule has 0 atom stereocenters. The van der Waals surface area contributed by atoms with E-state index >= 15 is 0 Å². The van der Waals surface area contributed by atoms with Crippen molar-refractivity contribution in [1.82, 2.24) is 24.1 Å². The van der Waals surface area contributed by atoms with E-state index in [1.54, 1.807) is 0 Å². The van der Waals surface area contributed by atoms with E-state index in [2.05, 4.69) is 131 Å². The largest absolute Gasteiger partial charge is 0.309 e. The summed E-state index contributed by atoms with van der Waals surface area (Å²) in [5.74, 6) is 2.01. The number of nitrogens with zero attached hydrogens (tertiary/aromatic N) is 7. The van der Waals surface area contributed by atoms with Gasteiger partial charge in [-0.15, -0.1) is 0 Å². The van der Waals surface area contributed by atoms with E-state index in [0.29, 0.717) is 34.7 Å². The maximum Gasteiger partial charge on any atom is 0.242 e. The second-order valence-corrected chi connectivity index (χ2v) is 15.0. The van der Waals surface area contributed by atoms with Gasteiger partial charge in [0.05, 0.1) is 22.1 Å². The van der Waals surface area contributed by atoms with Crippen molar-refractivity contribution in [1.29, 1.82) is 0 Å². The summed E-state index contributed by atoms with van der Waals surface area (Å²) in [4.78, 5) is 20.2. The molecule has 0 unspecified atom stereocenters. The molecule has 59 heavy (non-hydrogen) atoms. The SMILES string of the molecule is C=C1/C=C\S/N=C(n2c3ccccc3c3cc(-c4ccc5c(c4)c4ccccc4n5-c4ccccc4)ccc32)\N=C/1c1nc(-c2ccccc2)nc(-c2ccccc2)n1. The molecule has 0 saturated carbocycles. The Balaban J connectivity index is 1.07. The highest BCUT2D eigenvalue weighted by Crippen LogP contribution is 2.38. The van der Waals surface area contributed by atoms with Gasteiger partial charge in [0.15, 0.2) is 17.5 Å². The molecular weight excluding hydrogens is 743 g/mol. The lowest BCUT2D eigenvalue weighted by Crippen LogP contribution is -2.17. The van der Waals surface area contributed by atoms with Gasteiger partial charge in [0, 0.05) is 50.3 Å². The second kappa shape index (κ2) is 14.4. The van der Waals surface area contributed by atoms with Crippen LogP contribution in [0.4, 0.5) is 0 Å². The third-order valence-corrected chi connectivity index (χ3v) is 11.3. The first-order chi connectivity index (χ1) is 29.2. The van der Waals surface area contributed by atoms with Crippen molar-refractivity contribution in [3.63, 3.8) is 0 Å². The number of aromatic nitrogens is 5. The summed E-state index contributed by atoms with van der Waals surface area (Å²) < 4.78 is 9.45. The van der Waals surface area contributed by atoms with Crippen LogP contribution in [0, 0.1) is 0 Å². The van der Waals surface area contributed by atoms with Crippen LogP contribution in [0.1, 0.15) is 5.82 Å². The Kier molecular flexibility index (Phi) is 8.41. The Morgan fingerprint density at radius 1 is 0.424 bits per heavy atom. The van der Waals surface area contributed by atoms with Crippen LogP contribution in [-0.2, 0) is 0 Å². The Morgan fingerprint density at radius 2 is 0.898 bits per heavy atom. The zero-order valence-corrected chi connectivity index (χ0v) is 32.5.